The molecule has 0 atom stereocenters. The lowest BCUT2D eigenvalue weighted by atomic mass is 9.87. The number of likely N-dealkylation sites (N-methyl/N-ethyl adjacent to an activating group) is 1. The van der Waals surface area contributed by atoms with Gasteiger partial charge in [-0.1, -0.05) is 13.8 Å². The number of ether oxygens (including phenoxy) is 1. The number of carbonyl (C=O) groups is 1. The Morgan fingerprint density at radius 1 is 1.37 bits per heavy atom. The van der Waals surface area contributed by atoms with E-state index in [2.05, 4.69) is 22.2 Å². The highest BCUT2D eigenvalue weighted by Gasteiger charge is 2.36. The Balaban J connectivity index is 2.56. The molecule has 1 saturated heterocycles. The summed E-state index contributed by atoms with van der Waals surface area (Å²) >= 11 is 0. The number of rotatable bonds is 5. The molecule has 1 amide bonds. The third kappa shape index (κ3) is 5.78. The van der Waals surface area contributed by atoms with Gasteiger partial charge in [-0.25, -0.2) is 4.79 Å². The summed E-state index contributed by atoms with van der Waals surface area (Å²) in [5.74, 6) is 0.369. The topological polar surface area (TPSA) is 44.8 Å². The minimum Gasteiger partial charge on any atom is -0.449 e. The molecule has 0 aromatic carbocycles. The van der Waals surface area contributed by atoms with Gasteiger partial charge < -0.3 is 19.9 Å². The standard InChI is InChI=1S/C14H29N3O2/c1-12(2)10-19-13(18)15-14(11-16(3)4)6-8-17(5)9-7-14/h12H,6-11H2,1-5H3,(H,15,18). The summed E-state index contributed by atoms with van der Waals surface area (Å²) in [6.45, 7) is 7.44. The molecule has 112 valence electrons. The van der Waals surface area contributed by atoms with Crippen molar-refractivity contribution < 1.29 is 9.53 Å². The molecule has 19 heavy (non-hydrogen) atoms. The van der Waals surface area contributed by atoms with Crippen LogP contribution in [0.5, 0.6) is 0 Å². The molecular weight excluding hydrogens is 242 g/mol. The van der Waals surface area contributed by atoms with Gasteiger partial charge in [0.05, 0.1) is 12.1 Å². The van der Waals surface area contributed by atoms with E-state index in [4.69, 9.17) is 4.74 Å². The number of carbonyl (C=O) groups excluding carboxylic acids is 1. The average molecular weight is 271 g/mol. The number of nitrogens with zero attached hydrogens (tertiary/aromatic N) is 2. The third-order valence-corrected chi connectivity index (χ3v) is 3.48. The predicted molar refractivity (Wildman–Crippen MR) is 77.3 cm³/mol. The first-order valence-corrected chi connectivity index (χ1v) is 7.11. The number of piperidine rings is 1. The minimum atomic E-state index is -0.278. The fraction of sp³-hybridized carbons (Fsp3) is 0.929. The summed E-state index contributed by atoms with van der Waals surface area (Å²) in [6.07, 6.45) is 1.66. The molecule has 0 bridgehead atoms. The van der Waals surface area contributed by atoms with E-state index in [1.54, 1.807) is 0 Å². The molecule has 1 rings (SSSR count). The van der Waals surface area contributed by atoms with Gasteiger partial charge in [0.25, 0.3) is 0 Å². The molecule has 0 aliphatic carbocycles. The molecule has 1 aliphatic heterocycles. The average Bonchev–Trinajstić information content (AvgIpc) is 2.30. The summed E-state index contributed by atoms with van der Waals surface area (Å²) in [6, 6.07) is 0. The number of hydrogen-bond acceptors (Lipinski definition) is 4. The Labute approximate surface area is 117 Å². The van der Waals surface area contributed by atoms with Crippen LogP contribution in [0.25, 0.3) is 0 Å². The summed E-state index contributed by atoms with van der Waals surface area (Å²) in [5.41, 5.74) is -0.149. The van der Waals surface area contributed by atoms with Crippen LogP contribution in [0.15, 0.2) is 0 Å². The van der Waals surface area contributed by atoms with Crippen LogP contribution in [-0.2, 0) is 4.74 Å². The molecule has 1 N–H and O–H groups in total. The molecule has 1 fully saturated rings. The van der Waals surface area contributed by atoms with E-state index in [9.17, 15) is 4.79 Å². The van der Waals surface area contributed by atoms with Gasteiger partial charge in [0, 0.05) is 19.6 Å². The maximum atomic E-state index is 11.9. The highest BCUT2D eigenvalue weighted by Crippen LogP contribution is 2.22. The summed E-state index contributed by atoms with van der Waals surface area (Å²) < 4.78 is 5.26. The zero-order valence-corrected chi connectivity index (χ0v) is 13.0. The van der Waals surface area contributed by atoms with Crippen molar-refractivity contribution in [2.45, 2.75) is 32.2 Å². The molecule has 0 spiro atoms. The number of nitrogens with one attached hydrogen (secondary N) is 1. The minimum absolute atomic E-state index is 0.149. The lowest BCUT2D eigenvalue weighted by Crippen LogP contribution is -2.59. The first-order valence-electron chi connectivity index (χ1n) is 7.11. The monoisotopic (exact) mass is 271 g/mol. The van der Waals surface area contributed by atoms with Crippen molar-refractivity contribution in [3.8, 4) is 0 Å². The van der Waals surface area contributed by atoms with E-state index in [0.29, 0.717) is 12.5 Å². The SMILES string of the molecule is CC(C)COC(=O)NC1(CN(C)C)CCN(C)CC1. The van der Waals surface area contributed by atoms with Crippen LogP contribution >= 0.6 is 0 Å². The number of hydrogen-bond donors (Lipinski definition) is 1. The molecule has 0 radical (unpaired) electrons. The van der Waals surface area contributed by atoms with Gasteiger partial charge in [0.2, 0.25) is 0 Å². The van der Waals surface area contributed by atoms with E-state index in [1.165, 1.54) is 0 Å². The van der Waals surface area contributed by atoms with Crippen molar-refractivity contribution in [3.05, 3.63) is 0 Å². The molecule has 1 heterocycles. The van der Waals surface area contributed by atoms with E-state index >= 15 is 0 Å². The largest absolute Gasteiger partial charge is 0.449 e. The van der Waals surface area contributed by atoms with E-state index < -0.39 is 0 Å². The van der Waals surface area contributed by atoms with Crippen molar-refractivity contribution in [2.24, 2.45) is 5.92 Å². The number of amides is 1. The first-order chi connectivity index (χ1) is 8.83. The second-order valence-corrected chi connectivity index (χ2v) is 6.44. The zero-order valence-electron chi connectivity index (χ0n) is 13.0. The Hall–Kier alpha value is -0.810. The van der Waals surface area contributed by atoms with Crippen molar-refractivity contribution in [1.29, 1.82) is 0 Å². The summed E-state index contributed by atoms with van der Waals surface area (Å²) in [4.78, 5) is 16.4. The van der Waals surface area contributed by atoms with Gasteiger partial charge >= 0.3 is 6.09 Å². The fourth-order valence-corrected chi connectivity index (χ4v) is 2.47. The maximum absolute atomic E-state index is 11.9. The quantitative estimate of drug-likeness (QED) is 0.821. The van der Waals surface area contributed by atoms with Gasteiger partial charge in [0.1, 0.15) is 0 Å². The molecular formula is C14H29N3O2. The Kier molecular flexibility index (Phi) is 6.07. The Morgan fingerprint density at radius 3 is 2.42 bits per heavy atom. The van der Waals surface area contributed by atoms with Crippen molar-refractivity contribution in [1.82, 2.24) is 15.1 Å². The fourth-order valence-electron chi connectivity index (χ4n) is 2.47. The van der Waals surface area contributed by atoms with Crippen LogP contribution in [0, 0.1) is 5.92 Å². The lowest BCUT2D eigenvalue weighted by Gasteiger charge is -2.42. The number of alkyl carbamates (subject to hydrolysis) is 1. The molecule has 1 aliphatic rings. The summed E-state index contributed by atoms with van der Waals surface area (Å²) in [5, 5.41) is 3.11. The predicted octanol–water partition coefficient (Wildman–Crippen LogP) is 1.39. The zero-order chi connectivity index (χ0) is 14.5. The van der Waals surface area contributed by atoms with Crippen molar-refractivity contribution in [2.75, 3.05) is 47.4 Å². The van der Waals surface area contributed by atoms with Crippen LogP contribution in [0.2, 0.25) is 0 Å². The van der Waals surface area contributed by atoms with Crippen LogP contribution in [-0.4, -0.2) is 68.8 Å². The molecule has 0 unspecified atom stereocenters. The van der Waals surface area contributed by atoms with Crippen molar-refractivity contribution >= 4 is 6.09 Å². The highest BCUT2D eigenvalue weighted by atomic mass is 16.5. The maximum Gasteiger partial charge on any atom is 0.407 e. The molecule has 5 heteroatoms. The van der Waals surface area contributed by atoms with Crippen molar-refractivity contribution in [3.63, 3.8) is 0 Å². The molecule has 0 aromatic heterocycles. The molecule has 5 nitrogen and oxygen atoms in total. The van der Waals surface area contributed by atoms with Crippen LogP contribution in [0.3, 0.4) is 0 Å². The van der Waals surface area contributed by atoms with Crippen LogP contribution in [0.1, 0.15) is 26.7 Å². The van der Waals surface area contributed by atoms with E-state index in [0.717, 1.165) is 32.5 Å². The van der Waals surface area contributed by atoms with E-state index in [-0.39, 0.29) is 11.6 Å². The lowest BCUT2D eigenvalue weighted by molar-refractivity contribution is 0.0902. The van der Waals surface area contributed by atoms with E-state index in [1.807, 2.05) is 27.9 Å². The van der Waals surface area contributed by atoms with Gasteiger partial charge in [-0.3, -0.25) is 0 Å². The molecule has 0 saturated carbocycles. The first kappa shape index (κ1) is 16.2. The third-order valence-electron chi connectivity index (χ3n) is 3.48. The smallest absolute Gasteiger partial charge is 0.407 e. The second kappa shape index (κ2) is 7.10. The van der Waals surface area contributed by atoms with Gasteiger partial charge in [-0.15, -0.1) is 0 Å². The molecule has 0 aromatic rings. The Morgan fingerprint density at radius 2 is 1.95 bits per heavy atom. The normalized spacial score (nSPS) is 19.7. The van der Waals surface area contributed by atoms with Gasteiger partial charge in [-0.2, -0.15) is 0 Å². The highest BCUT2D eigenvalue weighted by molar-refractivity contribution is 5.68. The summed E-state index contributed by atoms with van der Waals surface area (Å²) in [7, 11) is 6.21. The van der Waals surface area contributed by atoms with Crippen LogP contribution < -0.4 is 5.32 Å². The Bertz CT molecular complexity index is 284. The number of likely N-dealkylation sites (tertiary alicyclic amines) is 1. The second-order valence-electron chi connectivity index (χ2n) is 6.44. The van der Waals surface area contributed by atoms with Gasteiger partial charge in [-0.05, 0) is 39.9 Å². The van der Waals surface area contributed by atoms with Gasteiger partial charge in [0.15, 0.2) is 0 Å². The van der Waals surface area contributed by atoms with Crippen LogP contribution in [0.4, 0.5) is 4.79 Å².